The zero-order chi connectivity index (χ0) is 30.0. The summed E-state index contributed by atoms with van der Waals surface area (Å²) in [6, 6.07) is 39.7. The minimum absolute atomic E-state index is 0.421. The van der Waals surface area contributed by atoms with Crippen LogP contribution in [0.5, 0.6) is 0 Å². The van der Waals surface area contributed by atoms with Gasteiger partial charge in [0.1, 0.15) is 5.60 Å². The largest absolute Gasteiger partial charge is 0.443 e. The molecule has 1 saturated heterocycles. The number of carbonyl (C=O) groups is 1. The highest BCUT2D eigenvalue weighted by atomic mass is 16.6. The number of hydrogen-bond acceptors (Lipinski definition) is 4. The molecule has 5 nitrogen and oxygen atoms in total. The third kappa shape index (κ3) is 5.54. The Balaban J connectivity index is 1.49. The van der Waals surface area contributed by atoms with Gasteiger partial charge in [-0.15, -0.1) is 0 Å². The van der Waals surface area contributed by atoms with Gasteiger partial charge in [-0.05, 0) is 61.6 Å². The number of benzene rings is 4. The van der Waals surface area contributed by atoms with Crippen LogP contribution in [0.2, 0.25) is 0 Å². The molecule has 0 radical (unpaired) electrons. The van der Waals surface area contributed by atoms with E-state index in [0.29, 0.717) is 19.5 Å². The minimum atomic E-state index is -0.614. The van der Waals surface area contributed by atoms with Crippen LogP contribution >= 0.6 is 0 Å². The number of likely N-dealkylation sites (tertiary alicyclic amines) is 1. The van der Waals surface area contributed by atoms with E-state index in [1.165, 1.54) is 16.7 Å². The lowest BCUT2D eigenvalue weighted by molar-refractivity contribution is 0.0544. The van der Waals surface area contributed by atoms with Gasteiger partial charge in [0.2, 0.25) is 0 Å². The number of carbonyl (C=O) groups excluding carboxylic acids is 1. The van der Waals surface area contributed by atoms with Gasteiger partial charge < -0.3 is 9.84 Å². The Bertz CT molecular complexity index is 1640. The number of aliphatic hydroxyl groups is 1. The smallest absolute Gasteiger partial charge is 0.419 e. The maximum Gasteiger partial charge on any atom is 0.419 e. The molecule has 2 heterocycles. The van der Waals surface area contributed by atoms with Gasteiger partial charge in [0, 0.05) is 30.2 Å². The van der Waals surface area contributed by atoms with Gasteiger partial charge in [-0.3, -0.25) is 9.47 Å². The van der Waals surface area contributed by atoms with E-state index in [4.69, 9.17) is 4.74 Å². The number of para-hydroxylation sites is 1. The predicted molar refractivity (Wildman–Crippen MR) is 173 cm³/mol. The molecule has 1 unspecified atom stereocenters. The molecule has 1 aliphatic heterocycles. The van der Waals surface area contributed by atoms with Crippen molar-refractivity contribution in [2.24, 2.45) is 0 Å². The van der Waals surface area contributed by atoms with Gasteiger partial charge in [-0.2, -0.15) is 0 Å². The number of rotatable bonds is 5. The average molecular weight is 571 g/mol. The van der Waals surface area contributed by atoms with Crippen LogP contribution in [-0.2, 0) is 10.3 Å². The summed E-state index contributed by atoms with van der Waals surface area (Å²) in [5, 5.41) is 12.3. The van der Waals surface area contributed by atoms with Gasteiger partial charge >= 0.3 is 6.09 Å². The van der Waals surface area contributed by atoms with Crippen LogP contribution in [0.25, 0.3) is 17.0 Å². The van der Waals surface area contributed by atoms with Crippen molar-refractivity contribution in [1.82, 2.24) is 9.47 Å². The quantitative estimate of drug-likeness (QED) is 0.219. The SMILES string of the molecule is CC(C)(C)OC(=O)n1cc(C=C2CN(C(c3ccccc3)(c3ccccc3)c3ccccc3)CCC2O)c2ccccc21. The first kappa shape index (κ1) is 28.7. The van der Waals surface area contributed by atoms with E-state index in [9.17, 15) is 9.90 Å². The van der Waals surface area contributed by atoms with Crippen LogP contribution in [0.1, 0.15) is 49.4 Å². The second kappa shape index (κ2) is 11.7. The molecule has 218 valence electrons. The summed E-state index contributed by atoms with van der Waals surface area (Å²) in [5.41, 5.74) is 4.88. The van der Waals surface area contributed by atoms with Crippen molar-refractivity contribution in [2.75, 3.05) is 13.1 Å². The van der Waals surface area contributed by atoms with Crippen molar-refractivity contribution in [3.63, 3.8) is 0 Å². The Labute approximate surface area is 253 Å². The zero-order valence-corrected chi connectivity index (χ0v) is 25.0. The zero-order valence-electron chi connectivity index (χ0n) is 25.0. The molecule has 0 amide bonds. The molecule has 0 aliphatic carbocycles. The molecule has 1 aliphatic rings. The highest BCUT2D eigenvalue weighted by Crippen LogP contribution is 2.44. The van der Waals surface area contributed by atoms with Crippen molar-refractivity contribution in [1.29, 1.82) is 0 Å². The molecule has 5 heteroatoms. The molecule has 5 aromatic rings. The number of hydrogen-bond donors (Lipinski definition) is 1. The third-order valence-corrected chi connectivity index (χ3v) is 8.20. The summed E-state index contributed by atoms with van der Waals surface area (Å²) in [6.45, 7) is 6.85. The fraction of sp³-hybridized carbons (Fsp3) is 0.237. The van der Waals surface area contributed by atoms with Gasteiger partial charge in [-0.25, -0.2) is 4.79 Å². The molecule has 0 bridgehead atoms. The Morgan fingerprint density at radius 1 is 0.791 bits per heavy atom. The van der Waals surface area contributed by atoms with Crippen LogP contribution in [0.4, 0.5) is 4.79 Å². The maximum absolute atomic E-state index is 13.2. The Morgan fingerprint density at radius 2 is 1.30 bits per heavy atom. The fourth-order valence-electron chi connectivity index (χ4n) is 6.37. The Morgan fingerprint density at radius 3 is 1.84 bits per heavy atom. The van der Waals surface area contributed by atoms with Crippen LogP contribution in [0, 0.1) is 0 Å². The molecule has 1 aromatic heterocycles. The fourth-order valence-corrected chi connectivity index (χ4v) is 6.37. The number of ether oxygens (including phenoxy) is 1. The average Bonchev–Trinajstić information content (AvgIpc) is 3.38. The van der Waals surface area contributed by atoms with E-state index < -0.39 is 23.3 Å². The molecule has 6 rings (SSSR count). The van der Waals surface area contributed by atoms with Crippen LogP contribution in [-0.4, -0.2) is 45.5 Å². The van der Waals surface area contributed by atoms with E-state index in [2.05, 4.69) is 102 Å². The molecule has 0 spiro atoms. The van der Waals surface area contributed by atoms with Gasteiger partial charge in [0.25, 0.3) is 0 Å². The predicted octanol–water partition coefficient (Wildman–Crippen LogP) is 7.87. The van der Waals surface area contributed by atoms with Crippen molar-refractivity contribution < 1.29 is 14.6 Å². The Kier molecular flexibility index (Phi) is 7.78. The topological polar surface area (TPSA) is 54.7 Å². The lowest BCUT2D eigenvalue weighted by atomic mass is 9.74. The molecular formula is C38H38N2O3. The summed E-state index contributed by atoms with van der Waals surface area (Å²) >= 11 is 0. The lowest BCUT2D eigenvalue weighted by Gasteiger charge is -2.48. The lowest BCUT2D eigenvalue weighted by Crippen LogP contribution is -2.52. The van der Waals surface area contributed by atoms with Crippen LogP contribution in [0.3, 0.4) is 0 Å². The molecule has 1 atom stereocenters. The molecule has 43 heavy (non-hydrogen) atoms. The summed E-state index contributed by atoms with van der Waals surface area (Å²) in [6.07, 6.45) is 3.46. The standard InChI is InChI=1S/C38H38N2O3/c1-37(2,3)43-36(42)40-27-28(33-21-13-14-22-34(33)40)25-29-26-39(24-23-35(29)41)38(30-15-7-4-8-16-30,31-17-9-5-10-18-31)32-19-11-6-12-20-32/h4-22,25,27,35,41H,23-24,26H2,1-3H3. The Hall–Kier alpha value is -4.45. The maximum atomic E-state index is 13.2. The van der Waals surface area contributed by atoms with Crippen molar-refractivity contribution in [2.45, 2.75) is 44.4 Å². The normalized spacial score (nSPS) is 17.3. The summed E-state index contributed by atoms with van der Waals surface area (Å²) < 4.78 is 7.28. The second-order valence-corrected chi connectivity index (χ2v) is 12.2. The highest BCUT2D eigenvalue weighted by molar-refractivity contribution is 5.96. The first-order valence-corrected chi connectivity index (χ1v) is 14.9. The number of nitrogens with zero attached hydrogens (tertiary/aromatic N) is 2. The van der Waals surface area contributed by atoms with Crippen molar-refractivity contribution in [3.05, 3.63) is 149 Å². The third-order valence-electron chi connectivity index (χ3n) is 8.20. The summed E-state index contributed by atoms with van der Waals surface area (Å²) in [4.78, 5) is 15.6. The summed E-state index contributed by atoms with van der Waals surface area (Å²) in [7, 11) is 0. The molecular weight excluding hydrogens is 532 g/mol. The van der Waals surface area contributed by atoms with Crippen molar-refractivity contribution >= 4 is 23.1 Å². The van der Waals surface area contributed by atoms with Crippen LogP contribution < -0.4 is 0 Å². The number of aliphatic hydroxyl groups excluding tert-OH is 1. The van der Waals surface area contributed by atoms with Crippen LogP contribution in [0.15, 0.2) is 127 Å². The number of aromatic nitrogens is 1. The summed E-state index contributed by atoms with van der Waals surface area (Å²) in [5.74, 6) is 0. The van der Waals surface area contributed by atoms with Gasteiger partial charge in [0.15, 0.2) is 0 Å². The highest BCUT2D eigenvalue weighted by Gasteiger charge is 2.44. The second-order valence-electron chi connectivity index (χ2n) is 12.2. The molecule has 1 N–H and O–H groups in total. The molecule has 0 saturated carbocycles. The first-order valence-electron chi connectivity index (χ1n) is 14.9. The van der Waals surface area contributed by atoms with Gasteiger partial charge in [0.05, 0.1) is 17.2 Å². The van der Waals surface area contributed by atoms with E-state index in [1.807, 2.05) is 51.2 Å². The molecule has 4 aromatic carbocycles. The first-order chi connectivity index (χ1) is 20.8. The number of piperidine rings is 1. The van der Waals surface area contributed by atoms with E-state index in [0.717, 1.165) is 22.0 Å². The van der Waals surface area contributed by atoms with Crippen molar-refractivity contribution in [3.8, 4) is 0 Å². The molecule has 1 fully saturated rings. The van der Waals surface area contributed by atoms with E-state index >= 15 is 0 Å². The minimum Gasteiger partial charge on any atom is -0.443 e. The van der Waals surface area contributed by atoms with E-state index in [-0.39, 0.29) is 0 Å². The number of fused-ring (bicyclic) bond motifs is 1. The van der Waals surface area contributed by atoms with E-state index in [1.54, 1.807) is 4.57 Å². The van der Waals surface area contributed by atoms with Gasteiger partial charge in [-0.1, -0.05) is 109 Å². The monoisotopic (exact) mass is 570 g/mol.